The summed E-state index contributed by atoms with van der Waals surface area (Å²) in [6.45, 7) is 5.93. The van der Waals surface area contributed by atoms with Crippen LogP contribution in [-0.4, -0.2) is 0 Å². The van der Waals surface area contributed by atoms with Gasteiger partial charge in [0.1, 0.15) is 0 Å². The van der Waals surface area contributed by atoms with Crippen LogP contribution < -0.4 is 0 Å². The van der Waals surface area contributed by atoms with Gasteiger partial charge in [-0.1, -0.05) is 23.8 Å². The van der Waals surface area contributed by atoms with Crippen LogP contribution in [0.25, 0.3) is 0 Å². The average molecular weight is 143 g/mol. The molecule has 0 saturated carbocycles. The smallest absolute Gasteiger partial charge is 0.0421 e. The van der Waals surface area contributed by atoms with Crippen molar-refractivity contribution < 1.29 is 0 Å². The Hall–Kier alpha value is -0.230. The average Bonchev–Trinajstić information content (AvgIpc) is 1.83. The first-order valence-electron chi connectivity index (χ1n) is 3.25. The van der Waals surface area contributed by atoms with Crippen LogP contribution in [0.2, 0.25) is 0 Å². The molecule has 0 bridgehead atoms. The van der Waals surface area contributed by atoms with Gasteiger partial charge in [-0.15, -0.1) is 0 Å². The van der Waals surface area contributed by atoms with Crippen LogP contribution >= 0.6 is 11.6 Å². The maximum absolute atomic E-state index is 5.90. The predicted octanol–water partition coefficient (Wildman–Crippen LogP) is 3.24. The zero-order chi connectivity index (χ0) is 6.85. The Labute approximate surface area is 61.2 Å². The van der Waals surface area contributed by atoms with E-state index in [1.165, 1.54) is 12.0 Å². The summed E-state index contributed by atoms with van der Waals surface area (Å²) >= 11 is 5.90. The third kappa shape index (κ3) is 1.36. The predicted molar refractivity (Wildman–Crippen MR) is 41.5 cm³/mol. The molecule has 1 heteroatoms. The summed E-state index contributed by atoms with van der Waals surface area (Å²) in [5.74, 6) is 0. The minimum atomic E-state index is 0.918. The highest BCUT2D eigenvalue weighted by Crippen LogP contribution is 2.30. The van der Waals surface area contributed by atoms with E-state index >= 15 is 0 Å². The maximum atomic E-state index is 5.90. The molecule has 0 amide bonds. The van der Waals surface area contributed by atoms with Crippen molar-refractivity contribution in [2.45, 2.75) is 26.2 Å². The standard InChI is InChI=1S/C8H11Cl/c1-6-4-3-5-7(2)8(6)9/h1,3-5H2,2H3. The third-order valence-corrected chi connectivity index (χ3v) is 2.31. The van der Waals surface area contributed by atoms with E-state index in [9.17, 15) is 0 Å². The number of hydrogen-bond acceptors (Lipinski definition) is 0. The van der Waals surface area contributed by atoms with Crippen molar-refractivity contribution in [2.24, 2.45) is 0 Å². The van der Waals surface area contributed by atoms with Gasteiger partial charge in [0.05, 0.1) is 0 Å². The molecule has 0 nitrogen and oxygen atoms in total. The van der Waals surface area contributed by atoms with Crippen molar-refractivity contribution in [1.29, 1.82) is 0 Å². The second-order valence-corrected chi connectivity index (χ2v) is 2.93. The molecule has 0 aromatic carbocycles. The fourth-order valence-electron chi connectivity index (χ4n) is 1.09. The molecule has 0 aromatic heterocycles. The topological polar surface area (TPSA) is 0 Å². The van der Waals surface area contributed by atoms with E-state index < -0.39 is 0 Å². The molecule has 0 heterocycles. The van der Waals surface area contributed by atoms with Crippen molar-refractivity contribution >= 4 is 11.6 Å². The first kappa shape index (κ1) is 6.88. The van der Waals surface area contributed by atoms with Crippen LogP contribution in [0, 0.1) is 0 Å². The molecule has 0 unspecified atom stereocenters. The van der Waals surface area contributed by atoms with Crippen LogP contribution in [-0.2, 0) is 0 Å². The van der Waals surface area contributed by atoms with Crippen molar-refractivity contribution in [3.63, 3.8) is 0 Å². The first-order valence-corrected chi connectivity index (χ1v) is 3.63. The van der Waals surface area contributed by atoms with Gasteiger partial charge in [-0.3, -0.25) is 0 Å². The van der Waals surface area contributed by atoms with Gasteiger partial charge in [0.2, 0.25) is 0 Å². The minimum Gasteiger partial charge on any atom is -0.0943 e. The van der Waals surface area contributed by atoms with Gasteiger partial charge in [-0.05, 0) is 31.8 Å². The number of halogens is 1. The van der Waals surface area contributed by atoms with Gasteiger partial charge in [0.25, 0.3) is 0 Å². The molecule has 9 heavy (non-hydrogen) atoms. The molecule has 0 aliphatic heterocycles. The van der Waals surface area contributed by atoms with E-state index in [0.29, 0.717) is 0 Å². The Bertz CT molecular complexity index is 165. The minimum absolute atomic E-state index is 0.918. The molecule has 50 valence electrons. The van der Waals surface area contributed by atoms with Crippen molar-refractivity contribution in [3.05, 3.63) is 22.8 Å². The highest BCUT2D eigenvalue weighted by atomic mass is 35.5. The monoisotopic (exact) mass is 142 g/mol. The molecule has 0 fully saturated rings. The molecule has 1 aliphatic rings. The summed E-state index contributed by atoms with van der Waals surface area (Å²) in [7, 11) is 0. The van der Waals surface area contributed by atoms with Gasteiger partial charge in [-0.25, -0.2) is 0 Å². The van der Waals surface area contributed by atoms with Crippen molar-refractivity contribution in [3.8, 4) is 0 Å². The highest BCUT2D eigenvalue weighted by molar-refractivity contribution is 6.32. The Morgan fingerprint density at radius 1 is 1.44 bits per heavy atom. The largest absolute Gasteiger partial charge is 0.0943 e. The quantitative estimate of drug-likeness (QED) is 0.487. The molecule has 0 atom stereocenters. The maximum Gasteiger partial charge on any atom is 0.0421 e. The molecule has 0 saturated heterocycles. The van der Waals surface area contributed by atoms with Crippen LogP contribution in [0.15, 0.2) is 22.8 Å². The second kappa shape index (κ2) is 2.57. The zero-order valence-corrected chi connectivity index (χ0v) is 6.46. The lowest BCUT2D eigenvalue weighted by atomic mass is 9.97. The van der Waals surface area contributed by atoms with Crippen LogP contribution in [0.5, 0.6) is 0 Å². The Kier molecular flexibility index (Phi) is 1.97. The molecular formula is C8H11Cl. The van der Waals surface area contributed by atoms with Crippen molar-refractivity contribution in [2.75, 3.05) is 0 Å². The highest BCUT2D eigenvalue weighted by Gasteiger charge is 2.09. The van der Waals surface area contributed by atoms with Crippen LogP contribution in [0.1, 0.15) is 26.2 Å². The van der Waals surface area contributed by atoms with E-state index in [-0.39, 0.29) is 0 Å². The molecule has 1 aliphatic carbocycles. The van der Waals surface area contributed by atoms with E-state index in [1.54, 1.807) is 0 Å². The third-order valence-electron chi connectivity index (χ3n) is 1.72. The van der Waals surface area contributed by atoms with Gasteiger partial charge < -0.3 is 0 Å². The van der Waals surface area contributed by atoms with Crippen LogP contribution in [0.4, 0.5) is 0 Å². The normalized spacial score (nSPS) is 20.9. The van der Waals surface area contributed by atoms with E-state index in [0.717, 1.165) is 23.4 Å². The summed E-state index contributed by atoms with van der Waals surface area (Å²) in [5, 5.41) is 0.918. The van der Waals surface area contributed by atoms with E-state index in [2.05, 4.69) is 13.5 Å². The van der Waals surface area contributed by atoms with Crippen molar-refractivity contribution in [1.82, 2.24) is 0 Å². The first-order chi connectivity index (χ1) is 4.22. The van der Waals surface area contributed by atoms with Gasteiger partial charge in [-0.2, -0.15) is 0 Å². The van der Waals surface area contributed by atoms with Gasteiger partial charge >= 0.3 is 0 Å². The number of hydrogen-bond donors (Lipinski definition) is 0. The summed E-state index contributed by atoms with van der Waals surface area (Å²) in [5.41, 5.74) is 2.41. The fourth-order valence-corrected chi connectivity index (χ4v) is 1.28. The SMILES string of the molecule is C=C1CCCC(C)=C1Cl. The molecule has 0 radical (unpaired) electrons. The summed E-state index contributed by atoms with van der Waals surface area (Å²) in [6.07, 6.45) is 3.45. The summed E-state index contributed by atoms with van der Waals surface area (Å²) in [4.78, 5) is 0. The number of rotatable bonds is 0. The second-order valence-electron chi connectivity index (χ2n) is 2.55. The Balaban J connectivity index is 2.84. The van der Waals surface area contributed by atoms with E-state index in [1.807, 2.05) is 0 Å². The lowest BCUT2D eigenvalue weighted by Gasteiger charge is -2.14. The number of allylic oxidation sites excluding steroid dienone is 3. The lowest BCUT2D eigenvalue weighted by Crippen LogP contribution is -1.94. The molecule has 0 aromatic rings. The van der Waals surface area contributed by atoms with E-state index in [4.69, 9.17) is 11.6 Å². The molecule has 0 spiro atoms. The van der Waals surface area contributed by atoms with Crippen LogP contribution in [0.3, 0.4) is 0 Å². The molecule has 0 N–H and O–H groups in total. The molecule has 1 rings (SSSR count). The Morgan fingerprint density at radius 2 is 2.11 bits per heavy atom. The zero-order valence-electron chi connectivity index (χ0n) is 5.71. The molecular weight excluding hydrogens is 132 g/mol. The lowest BCUT2D eigenvalue weighted by molar-refractivity contribution is 0.780. The fraction of sp³-hybridized carbons (Fsp3) is 0.500. The summed E-state index contributed by atoms with van der Waals surface area (Å²) < 4.78 is 0. The van der Waals surface area contributed by atoms with Gasteiger partial charge in [0, 0.05) is 5.03 Å². The summed E-state index contributed by atoms with van der Waals surface area (Å²) in [6, 6.07) is 0. The van der Waals surface area contributed by atoms with Gasteiger partial charge in [0.15, 0.2) is 0 Å². The Morgan fingerprint density at radius 3 is 2.56 bits per heavy atom.